The van der Waals surface area contributed by atoms with Gasteiger partial charge in [-0.25, -0.2) is 0 Å². The van der Waals surface area contributed by atoms with Crippen LogP contribution in [0.5, 0.6) is 0 Å². The maximum Gasteiger partial charge on any atom is 0.0540 e. The van der Waals surface area contributed by atoms with Gasteiger partial charge in [0, 0.05) is 16.8 Å². The number of anilines is 3. The van der Waals surface area contributed by atoms with Crippen LogP contribution in [0.2, 0.25) is 0 Å². The van der Waals surface area contributed by atoms with Crippen molar-refractivity contribution in [3.05, 3.63) is 200 Å². The van der Waals surface area contributed by atoms with E-state index in [2.05, 4.69) is 205 Å². The number of hydrogen-bond acceptors (Lipinski definition) is 1. The fraction of sp³-hybridized carbons (Fsp3) is 0. The van der Waals surface area contributed by atoms with Gasteiger partial charge in [-0.3, -0.25) is 0 Å². The van der Waals surface area contributed by atoms with Gasteiger partial charge in [0.15, 0.2) is 0 Å². The van der Waals surface area contributed by atoms with Crippen LogP contribution in [0.15, 0.2) is 200 Å². The molecule has 0 N–H and O–H groups in total. The third-order valence-corrected chi connectivity index (χ3v) is 11.2. The highest BCUT2D eigenvalue weighted by molar-refractivity contribution is 6.19. The summed E-state index contributed by atoms with van der Waals surface area (Å²) in [7, 11) is 0. The second kappa shape index (κ2) is 11.8. The Kier molecular flexibility index (Phi) is 6.62. The summed E-state index contributed by atoms with van der Waals surface area (Å²) < 4.78 is 0. The predicted molar refractivity (Wildman–Crippen MR) is 226 cm³/mol. The minimum Gasteiger partial charge on any atom is -0.310 e. The molecule has 10 aromatic carbocycles. The molecule has 0 radical (unpaired) electrons. The summed E-state index contributed by atoms with van der Waals surface area (Å²) in [6.45, 7) is 0. The quantitative estimate of drug-likeness (QED) is 0.165. The Morgan fingerprint density at radius 1 is 0.264 bits per heavy atom. The van der Waals surface area contributed by atoms with E-state index in [1.165, 1.54) is 93.3 Å². The lowest BCUT2D eigenvalue weighted by atomic mass is 9.96. The molecule has 0 unspecified atom stereocenters. The van der Waals surface area contributed by atoms with Crippen LogP contribution in [0, 0.1) is 0 Å². The van der Waals surface area contributed by atoms with Gasteiger partial charge in [-0.05, 0) is 119 Å². The van der Waals surface area contributed by atoms with Crippen LogP contribution >= 0.6 is 0 Å². The summed E-state index contributed by atoms with van der Waals surface area (Å²) in [5.74, 6) is 0. The van der Waals surface area contributed by atoms with Crippen LogP contribution in [-0.4, -0.2) is 0 Å². The van der Waals surface area contributed by atoms with Crippen molar-refractivity contribution in [3.63, 3.8) is 0 Å². The molecule has 11 rings (SSSR count). The average molecular weight is 672 g/mol. The zero-order valence-electron chi connectivity index (χ0n) is 29.0. The van der Waals surface area contributed by atoms with Gasteiger partial charge in [-0.2, -0.15) is 0 Å². The summed E-state index contributed by atoms with van der Waals surface area (Å²) in [6.07, 6.45) is 0. The molecular formula is C52H33N. The van der Waals surface area contributed by atoms with Crippen LogP contribution in [0.3, 0.4) is 0 Å². The van der Waals surface area contributed by atoms with E-state index in [-0.39, 0.29) is 0 Å². The lowest BCUT2D eigenvalue weighted by Gasteiger charge is -2.28. The smallest absolute Gasteiger partial charge is 0.0540 e. The first-order chi connectivity index (χ1) is 26.3. The van der Waals surface area contributed by atoms with E-state index in [4.69, 9.17) is 0 Å². The van der Waals surface area contributed by atoms with Crippen molar-refractivity contribution in [1.29, 1.82) is 0 Å². The van der Waals surface area contributed by atoms with Crippen molar-refractivity contribution < 1.29 is 0 Å². The summed E-state index contributed by atoms with van der Waals surface area (Å²) >= 11 is 0. The molecule has 0 bridgehead atoms. The van der Waals surface area contributed by atoms with Gasteiger partial charge in [0.05, 0.1) is 5.69 Å². The Morgan fingerprint density at radius 3 is 1.55 bits per heavy atom. The number of benzene rings is 10. The maximum absolute atomic E-state index is 2.43. The largest absolute Gasteiger partial charge is 0.310 e. The van der Waals surface area contributed by atoms with E-state index < -0.39 is 0 Å². The number of fused-ring (bicyclic) bond motifs is 7. The molecule has 1 aliphatic rings. The second-order valence-electron chi connectivity index (χ2n) is 14.1. The normalized spacial score (nSPS) is 11.8. The maximum atomic E-state index is 2.43. The lowest BCUT2D eigenvalue weighted by molar-refractivity contribution is 1.30. The standard InChI is InChI=1S/C52H33N/c1-3-12-42-35(9-1)11-7-16-44(42)37-23-28-41(29-24-37)53(51-32-31-49-47-15-6-5-14-46(47)48-17-8-18-50(51)52(48)49)40-26-21-34(22-27-40)38-25-30-45-39(33-38)20-19-36-10-2-4-13-43(36)45/h1-33H. The monoisotopic (exact) mass is 671 g/mol. The molecule has 1 aliphatic carbocycles. The van der Waals surface area contributed by atoms with Gasteiger partial charge in [-0.15, -0.1) is 0 Å². The zero-order valence-corrected chi connectivity index (χ0v) is 29.0. The molecule has 0 spiro atoms. The van der Waals surface area contributed by atoms with E-state index in [0.29, 0.717) is 0 Å². The van der Waals surface area contributed by atoms with E-state index >= 15 is 0 Å². The highest BCUT2D eigenvalue weighted by atomic mass is 15.1. The fourth-order valence-corrected chi connectivity index (χ4v) is 8.68. The van der Waals surface area contributed by atoms with Crippen LogP contribution in [0.4, 0.5) is 17.1 Å². The molecule has 1 nitrogen and oxygen atoms in total. The molecule has 0 heterocycles. The van der Waals surface area contributed by atoms with Crippen molar-refractivity contribution in [1.82, 2.24) is 0 Å². The zero-order chi connectivity index (χ0) is 34.9. The summed E-state index contributed by atoms with van der Waals surface area (Å²) in [5.41, 5.74) is 13.5. The van der Waals surface area contributed by atoms with E-state index in [9.17, 15) is 0 Å². The molecule has 246 valence electrons. The van der Waals surface area contributed by atoms with Gasteiger partial charge in [-0.1, -0.05) is 164 Å². The van der Waals surface area contributed by atoms with Gasteiger partial charge < -0.3 is 4.90 Å². The molecule has 10 aromatic rings. The molecule has 0 aliphatic heterocycles. The first-order valence-electron chi connectivity index (χ1n) is 18.3. The third-order valence-electron chi connectivity index (χ3n) is 11.2. The highest BCUT2D eigenvalue weighted by Gasteiger charge is 2.24. The van der Waals surface area contributed by atoms with Crippen molar-refractivity contribution in [3.8, 4) is 44.5 Å². The first kappa shape index (κ1) is 29.7. The van der Waals surface area contributed by atoms with E-state index in [1.807, 2.05) is 0 Å². The molecule has 0 atom stereocenters. The predicted octanol–water partition coefficient (Wildman–Crippen LogP) is 14.8. The second-order valence-corrected chi connectivity index (χ2v) is 14.1. The van der Waals surface area contributed by atoms with Crippen molar-refractivity contribution >= 4 is 60.2 Å². The molecule has 0 saturated heterocycles. The summed E-state index contributed by atoms with van der Waals surface area (Å²) in [6, 6.07) is 73.5. The minimum absolute atomic E-state index is 1.12. The Bertz CT molecular complexity index is 3010. The van der Waals surface area contributed by atoms with Gasteiger partial charge in [0.2, 0.25) is 0 Å². The van der Waals surface area contributed by atoms with Crippen LogP contribution in [0.25, 0.3) is 87.6 Å². The molecule has 1 heteroatoms. The van der Waals surface area contributed by atoms with Crippen LogP contribution < -0.4 is 4.90 Å². The van der Waals surface area contributed by atoms with Gasteiger partial charge in [0.25, 0.3) is 0 Å². The van der Waals surface area contributed by atoms with E-state index in [1.54, 1.807) is 0 Å². The Balaban J connectivity index is 1.05. The topological polar surface area (TPSA) is 3.24 Å². The molecule has 53 heavy (non-hydrogen) atoms. The Labute approximate surface area is 308 Å². The SMILES string of the molecule is c1ccc2c(c1)-c1cccc3c(N(c4ccc(-c5ccc6c(ccc7ccccc76)c5)cc4)c4ccc(-c5cccc6ccccc56)cc4)ccc-2c13. The third kappa shape index (κ3) is 4.71. The van der Waals surface area contributed by atoms with E-state index in [0.717, 1.165) is 11.4 Å². The fourth-order valence-electron chi connectivity index (χ4n) is 8.68. The van der Waals surface area contributed by atoms with Crippen LogP contribution in [0.1, 0.15) is 0 Å². The lowest BCUT2D eigenvalue weighted by Crippen LogP contribution is -2.10. The first-order valence-corrected chi connectivity index (χ1v) is 18.3. The van der Waals surface area contributed by atoms with Crippen molar-refractivity contribution in [2.45, 2.75) is 0 Å². The molecule has 0 fully saturated rings. The summed E-state index contributed by atoms with van der Waals surface area (Å²) in [4.78, 5) is 2.43. The number of rotatable bonds is 5. The van der Waals surface area contributed by atoms with Crippen LogP contribution in [-0.2, 0) is 0 Å². The minimum atomic E-state index is 1.12. The number of hydrogen-bond donors (Lipinski definition) is 0. The van der Waals surface area contributed by atoms with Gasteiger partial charge >= 0.3 is 0 Å². The molecular weight excluding hydrogens is 639 g/mol. The Morgan fingerprint density at radius 2 is 0.774 bits per heavy atom. The molecule has 0 saturated carbocycles. The summed E-state index contributed by atoms with van der Waals surface area (Å²) in [5, 5.41) is 10.2. The van der Waals surface area contributed by atoms with Crippen molar-refractivity contribution in [2.24, 2.45) is 0 Å². The van der Waals surface area contributed by atoms with Crippen molar-refractivity contribution in [2.75, 3.05) is 4.90 Å². The molecule has 0 amide bonds. The average Bonchev–Trinajstić information content (AvgIpc) is 3.56. The number of nitrogens with zero attached hydrogens (tertiary/aromatic N) is 1. The molecule has 0 aromatic heterocycles. The highest BCUT2D eigenvalue weighted by Crippen LogP contribution is 2.51. The Hall–Kier alpha value is -6.96. The van der Waals surface area contributed by atoms with Gasteiger partial charge in [0.1, 0.15) is 0 Å².